The smallest absolute Gasteiger partial charge is 0.244 e. The van der Waals surface area contributed by atoms with Crippen LogP contribution in [0.25, 0.3) is 6.08 Å². The zero-order chi connectivity index (χ0) is 15.9. The van der Waals surface area contributed by atoms with E-state index >= 15 is 0 Å². The lowest BCUT2D eigenvalue weighted by molar-refractivity contribution is -0.116. The maximum atomic E-state index is 12.0. The summed E-state index contributed by atoms with van der Waals surface area (Å²) >= 11 is 1.97. The second-order valence-corrected chi connectivity index (χ2v) is 6.54. The quantitative estimate of drug-likeness (QED) is 0.824. The van der Waals surface area contributed by atoms with Crippen LogP contribution in [0.3, 0.4) is 0 Å². The maximum Gasteiger partial charge on any atom is 0.244 e. The van der Waals surface area contributed by atoms with Crippen LogP contribution in [-0.4, -0.2) is 41.9 Å². The molecule has 1 aliphatic rings. The van der Waals surface area contributed by atoms with Crippen LogP contribution >= 0.6 is 11.8 Å². The molecule has 1 atom stereocenters. The minimum absolute atomic E-state index is 0.124. The van der Waals surface area contributed by atoms with Gasteiger partial charge in [-0.15, -0.1) is 0 Å². The molecule has 3 rings (SSSR count). The molecule has 1 N–H and O–H groups in total. The van der Waals surface area contributed by atoms with Crippen LogP contribution in [0.5, 0.6) is 0 Å². The number of thioether (sulfide) groups is 1. The fraction of sp³-hybridized carbons (Fsp3) is 0.353. The van der Waals surface area contributed by atoms with E-state index in [0.717, 1.165) is 30.2 Å². The Kier molecular flexibility index (Phi) is 5.60. The Bertz CT molecular complexity index is 616. The highest BCUT2D eigenvalue weighted by molar-refractivity contribution is 7.99. The Morgan fingerprint density at radius 3 is 2.91 bits per heavy atom. The van der Waals surface area contributed by atoms with Crippen molar-refractivity contribution < 1.29 is 13.6 Å². The first-order valence-electron chi connectivity index (χ1n) is 7.66. The first-order chi connectivity index (χ1) is 11.3. The minimum Gasteiger partial charge on any atom is -0.472 e. The summed E-state index contributed by atoms with van der Waals surface area (Å²) in [5.74, 6) is 2.79. The summed E-state index contributed by atoms with van der Waals surface area (Å²) in [6.07, 6.45) is 8.19. The molecule has 6 heteroatoms. The Hall–Kier alpha value is -1.92. The van der Waals surface area contributed by atoms with Crippen molar-refractivity contribution in [2.24, 2.45) is 0 Å². The summed E-state index contributed by atoms with van der Waals surface area (Å²) in [7, 11) is 0. The van der Waals surface area contributed by atoms with Crippen molar-refractivity contribution in [1.29, 1.82) is 0 Å². The van der Waals surface area contributed by atoms with Crippen molar-refractivity contribution in [3.63, 3.8) is 0 Å². The lowest BCUT2D eigenvalue weighted by Crippen LogP contribution is -2.41. The predicted molar refractivity (Wildman–Crippen MR) is 91.1 cm³/mol. The van der Waals surface area contributed by atoms with Crippen molar-refractivity contribution in [3.8, 4) is 0 Å². The molecular weight excluding hydrogens is 312 g/mol. The third-order valence-electron chi connectivity index (χ3n) is 3.83. The normalized spacial score (nSPS) is 17.4. The number of rotatable bonds is 6. The topological polar surface area (TPSA) is 58.6 Å². The molecule has 1 unspecified atom stereocenters. The molecule has 0 aliphatic carbocycles. The summed E-state index contributed by atoms with van der Waals surface area (Å²) in [6.45, 7) is 2.61. The van der Waals surface area contributed by atoms with Crippen molar-refractivity contribution in [1.82, 2.24) is 10.2 Å². The second-order valence-electron chi connectivity index (χ2n) is 5.31. The van der Waals surface area contributed by atoms with E-state index in [1.165, 1.54) is 6.08 Å². The molecule has 0 aromatic carbocycles. The highest BCUT2D eigenvalue weighted by Crippen LogP contribution is 2.24. The predicted octanol–water partition coefficient (Wildman–Crippen LogP) is 2.79. The van der Waals surface area contributed by atoms with Gasteiger partial charge in [0.25, 0.3) is 0 Å². The molecule has 5 nitrogen and oxygen atoms in total. The van der Waals surface area contributed by atoms with Crippen LogP contribution in [0.4, 0.5) is 0 Å². The van der Waals surface area contributed by atoms with Gasteiger partial charge in [0, 0.05) is 42.8 Å². The fourth-order valence-electron chi connectivity index (χ4n) is 2.61. The number of hydrogen-bond donors (Lipinski definition) is 1. The third kappa shape index (κ3) is 4.53. The van der Waals surface area contributed by atoms with Crippen LogP contribution in [0.1, 0.15) is 17.4 Å². The van der Waals surface area contributed by atoms with Gasteiger partial charge in [-0.25, -0.2) is 0 Å². The van der Waals surface area contributed by atoms with Gasteiger partial charge in [-0.1, -0.05) is 0 Å². The molecular formula is C17H20N2O3S. The van der Waals surface area contributed by atoms with Crippen LogP contribution in [0, 0.1) is 0 Å². The second kappa shape index (κ2) is 8.08. The van der Waals surface area contributed by atoms with Gasteiger partial charge in [-0.05, 0) is 24.3 Å². The summed E-state index contributed by atoms with van der Waals surface area (Å²) in [5, 5.41) is 2.97. The Morgan fingerprint density at radius 2 is 2.22 bits per heavy atom. The van der Waals surface area contributed by atoms with Crippen LogP contribution in [0.2, 0.25) is 0 Å². The maximum absolute atomic E-state index is 12.0. The largest absolute Gasteiger partial charge is 0.472 e. The molecule has 2 aromatic rings. The Labute approximate surface area is 139 Å². The third-order valence-corrected chi connectivity index (χ3v) is 4.77. The van der Waals surface area contributed by atoms with E-state index in [1.54, 1.807) is 30.9 Å². The lowest BCUT2D eigenvalue weighted by atomic mass is 10.1. The van der Waals surface area contributed by atoms with Gasteiger partial charge in [-0.3, -0.25) is 9.69 Å². The molecule has 0 bridgehead atoms. The molecule has 122 valence electrons. The van der Waals surface area contributed by atoms with Crippen molar-refractivity contribution in [2.45, 2.75) is 6.04 Å². The van der Waals surface area contributed by atoms with E-state index in [2.05, 4.69) is 10.2 Å². The lowest BCUT2D eigenvalue weighted by Gasteiger charge is -2.33. The molecule has 1 saturated heterocycles. The highest BCUT2D eigenvalue weighted by atomic mass is 32.2. The number of nitrogens with one attached hydrogen (secondary N) is 1. The number of amides is 1. The summed E-state index contributed by atoms with van der Waals surface area (Å²) < 4.78 is 10.4. The SMILES string of the molecule is O=C(/C=C/c1ccco1)NCC(c1ccoc1)N1CCSCC1. The van der Waals surface area contributed by atoms with Gasteiger partial charge in [-0.2, -0.15) is 11.8 Å². The van der Waals surface area contributed by atoms with Crippen molar-refractivity contribution in [2.75, 3.05) is 31.1 Å². The fourth-order valence-corrected chi connectivity index (χ4v) is 3.54. The van der Waals surface area contributed by atoms with Crippen LogP contribution in [-0.2, 0) is 4.79 Å². The minimum atomic E-state index is -0.124. The van der Waals surface area contributed by atoms with E-state index in [-0.39, 0.29) is 11.9 Å². The molecule has 23 heavy (non-hydrogen) atoms. The van der Waals surface area contributed by atoms with E-state index in [9.17, 15) is 4.79 Å². The number of nitrogens with zero attached hydrogens (tertiary/aromatic N) is 1. The molecule has 1 fully saturated rings. The number of carbonyl (C=O) groups excluding carboxylic acids is 1. The van der Waals surface area contributed by atoms with Crippen molar-refractivity contribution in [3.05, 3.63) is 54.4 Å². The molecule has 2 aromatic heterocycles. The number of hydrogen-bond acceptors (Lipinski definition) is 5. The average Bonchev–Trinajstić information content (AvgIpc) is 3.28. The van der Waals surface area contributed by atoms with Crippen LogP contribution < -0.4 is 5.32 Å². The summed E-state index contributed by atoms with van der Waals surface area (Å²) in [4.78, 5) is 14.4. The molecule has 0 saturated carbocycles. The van der Waals surface area contributed by atoms with Gasteiger partial charge >= 0.3 is 0 Å². The van der Waals surface area contributed by atoms with Gasteiger partial charge < -0.3 is 14.2 Å². The molecule has 0 spiro atoms. The van der Waals surface area contributed by atoms with E-state index in [0.29, 0.717) is 12.3 Å². The zero-order valence-electron chi connectivity index (χ0n) is 12.8. The molecule has 0 radical (unpaired) electrons. The first-order valence-corrected chi connectivity index (χ1v) is 8.82. The van der Waals surface area contributed by atoms with E-state index in [1.807, 2.05) is 23.9 Å². The Morgan fingerprint density at radius 1 is 1.35 bits per heavy atom. The van der Waals surface area contributed by atoms with Crippen LogP contribution in [0.15, 0.2) is 51.9 Å². The van der Waals surface area contributed by atoms with Gasteiger partial charge in [0.2, 0.25) is 5.91 Å². The standard InChI is InChI=1S/C17H20N2O3S/c20-17(4-3-15-2-1-8-22-15)18-12-16(14-5-9-21-13-14)19-6-10-23-11-7-19/h1-5,8-9,13,16H,6-7,10-12H2,(H,18,20)/b4-3+. The summed E-state index contributed by atoms with van der Waals surface area (Å²) in [6, 6.07) is 5.72. The monoisotopic (exact) mass is 332 g/mol. The summed E-state index contributed by atoms with van der Waals surface area (Å²) in [5.41, 5.74) is 1.10. The van der Waals surface area contributed by atoms with Crippen molar-refractivity contribution >= 4 is 23.7 Å². The highest BCUT2D eigenvalue weighted by Gasteiger charge is 2.23. The van der Waals surface area contributed by atoms with E-state index in [4.69, 9.17) is 8.83 Å². The number of furan rings is 2. The number of carbonyl (C=O) groups is 1. The van der Waals surface area contributed by atoms with E-state index < -0.39 is 0 Å². The average molecular weight is 332 g/mol. The van der Waals surface area contributed by atoms with Gasteiger partial charge in [0.05, 0.1) is 24.8 Å². The zero-order valence-corrected chi connectivity index (χ0v) is 13.6. The molecule has 1 aliphatic heterocycles. The molecule has 3 heterocycles. The first kappa shape index (κ1) is 16.0. The van der Waals surface area contributed by atoms with Gasteiger partial charge in [0.1, 0.15) is 5.76 Å². The Balaban J connectivity index is 1.58. The molecule has 1 amide bonds. The van der Waals surface area contributed by atoms with Gasteiger partial charge in [0.15, 0.2) is 0 Å².